The second-order valence-electron chi connectivity index (χ2n) is 4.66. The molecule has 20 heavy (non-hydrogen) atoms. The molecule has 0 unspecified atom stereocenters. The fourth-order valence-corrected chi connectivity index (χ4v) is 2.01. The zero-order valence-corrected chi connectivity index (χ0v) is 11.3. The number of halogens is 2. The van der Waals surface area contributed by atoms with Crippen LogP contribution in [0.25, 0.3) is 0 Å². The van der Waals surface area contributed by atoms with E-state index in [0.29, 0.717) is 0 Å². The number of anilines is 1. The van der Waals surface area contributed by atoms with E-state index >= 15 is 0 Å². The molecule has 0 spiro atoms. The van der Waals surface area contributed by atoms with Crippen molar-refractivity contribution in [2.75, 3.05) is 5.32 Å². The van der Waals surface area contributed by atoms with Crippen molar-refractivity contribution < 1.29 is 18.1 Å². The minimum absolute atomic E-state index is 0.150. The molecule has 0 saturated heterocycles. The van der Waals surface area contributed by atoms with Gasteiger partial charge in [-0.2, -0.15) is 4.57 Å². The molecule has 2 rings (SSSR count). The van der Waals surface area contributed by atoms with Crippen LogP contribution in [0.15, 0.2) is 36.7 Å². The Kier molecular flexibility index (Phi) is 4.08. The van der Waals surface area contributed by atoms with Crippen LogP contribution in [0.4, 0.5) is 14.5 Å². The van der Waals surface area contributed by atoms with E-state index < -0.39 is 11.6 Å². The first kappa shape index (κ1) is 14.1. The van der Waals surface area contributed by atoms with Crippen LogP contribution in [-0.2, 0) is 11.3 Å². The number of pyridine rings is 1. The van der Waals surface area contributed by atoms with E-state index in [4.69, 9.17) is 0 Å². The molecule has 0 atom stereocenters. The highest BCUT2D eigenvalue weighted by Crippen LogP contribution is 2.19. The molecule has 0 aliphatic heterocycles. The Bertz CT molecular complexity index is 616. The van der Waals surface area contributed by atoms with Gasteiger partial charge in [0.25, 0.3) is 5.91 Å². The summed E-state index contributed by atoms with van der Waals surface area (Å²) in [6, 6.07) is 6.44. The lowest BCUT2D eigenvalue weighted by atomic mass is 10.1. The Hall–Kier alpha value is -2.30. The van der Waals surface area contributed by atoms with E-state index in [-0.39, 0.29) is 12.5 Å². The summed E-state index contributed by atoms with van der Waals surface area (Å²) in [4.78, 5) is 11.9. The molecule has 0 fully saturated rings. The van der Waals surface area contributed by atoms with Crippen LogP contribution in [0.3, 0.4) is 0 Å². The average Bonchev–Trinajstić information content (AvgIpc) is 2.32. The Morgan fingerprint density at radius 3 is 2.25 bits per heavy atom. The monoisotopic (exact) mass is 277 g/mol. The summed E-state index contributed by atoms with van der Waals surface area (Å²) in [5.74, 6) is -1.77. The van der Waals surface area contributed by atoms with Gasteiger partial charge in [-0.15, -0.1) is 0 Å². The molecule has 1 N–H and O–H groups in total. The third kappa shape index (κ3) is 3.38. The molecule has 0 aliphatic rings. The summed E-state index contributed by atoms with van der Waals surface area (Å²) in [6.45, 7) is 3.62. The van der Waals surface area contributed by atoms with Gasteiger partial charge in [-0.3, -0.25) is 4.79 Å². The first-order chi connectivity index (χ1) is 9.45. The van der Waals surface area contributed by atoms with Crippen molar-refractivity contribution in [2.24, 2.45) is 0 Å². The van der Waals surface area contributed by atoms with Crippen LogP contribution in [0.1, 0.15) is 11.1 Å². The zero-order valence-electron chi connectivity index (χ0n) is 11.3. The minimum atomic E-state index is -0.718. The van der Waals surface area contributed by atoms with E-state index in [1.165, 1.54) is 4.57 Å². The minimum Gasteiger partial charge on any atom is -0.320 e. The fraction of sp³-hybridized carbons (Fsp3) is 0.200. The summed E-state index contributed by atoms with van der Waals surface area (Å²) in [7, 11) is 0. The third-order valence-electron chi connectivity index (χ3n) is 2.93. The van der Waals surface area contributed by atoms with E-state index in [1.807, 2.05) is 32.0 Å². The lowest BCUT2D eigenvalue weighted by Gasteiger charge is -2.10. The summed E-state index contributed by atoms with van der Waals surface area (Å²) < 4.78 is 27.3. The van der Waals surface area contributed by atoms with Gasteiger partial charge >= 0.3 is 0 Å². The number of rotatable bonds is 3. The molecule has 2 aromatic rings. The van der Waals surface area contributed by atoms with Gasteiger partial charge in [0.2, 0.25) is 18.9 Å². The Labute approximate surface area is 115 Å². The second kappa shape index (κ2) is 5.77. The molecule has 0 aliphatic carbocycles. The summed E-state index contributed by atoms with van der Waals surface area (Å²) >= 11 is 0. The molecular formula is C15H15F2N2O+. The predicted molar refractivity (Wildman–Crippen MR) is 71.1 cm³/mol. The lowest BCUT2D eigenvalue weighted by Crippen LogP contribution is -2.40. The van der Waals surface area contributed by atoms with Crippen LogP contribution in [-0.4, -0.2) is 5.91 Å². The van der Waals surface area contributed by atoms with Gasteiger partial charge in [-0.05, 0) is 25.0 Å². The molecular weight excluding hydrogens is 262 g/mol. The van der Waals surface area contributed by atoms with Gasteiger partial charge in [0.1, 0.15) is 0 Å². The van der Waals surface area contributed by atoms with Gasteiger partial charge < -0.3 is 5.32 Å². The molecule has 0 bridgehead atoms. The molecule has 0 saturated carbocycles. The summed E-state index contributed by atoms with van der Waals surface area (Å²) in [5, 5.41) is 2.76. The van der Waals surface area contributed by atoms with Gasteiger partial charge in [0, 0.05) is 11.8 Å². The normalized spacial score (nSPS) is 10.4. The van der Waals surface area contributed by atoms with Gasteiger partial charge in [-0.1, -0.05) is 18.2 Å². The van der Waals surface area contributed by atoms with Crippen molar-refractivity contribution in [3.8, 4) is 0 Å². The molecule has 1 aromatic carbocycles. The van der Waals surface area contributed by atoms with Crippen molar-refractivity contribution in [3.05, 3.63) is 59.4 Å². The van der Waals surface area contributed by atoms with Crippen LogP contribution >= 0.6 is 0 Å². The van der Waals surface area contributed by atoms with Gasteiger partial charge in [0.15, 0.2) is 11.6 Å². The number of hydrogen-bond donors (Lipinski definition) is 1. The Morgan fingerprint density at radius 2 is 1.70 bits per heavy atom. The quantitative estimate of drug-likeness (QED) is 0.859. The van der Waals surface area contributed by atoms with Crippen molar-refractivity contribution in [2.45, 2.75) is 20.4 Å². The average molecular weight is 277 g/mol. The van der Waals surface area contributed by atoms with Crippen molar-refractivity contribution >= 4 is 11.6 Å². The topological polar surface area (TPSA) is 33.0 Å². The van der Waals surface area contributed by atoms with E-state index in [9.17, 15) is 13.6 Å². The lowest BCUT2D eigenvalue weighted by molar-refractivity contribution is -0.686. The highest BCUT2D eigenvalue weighted by Gasteiger charge is 2.14. The first-order valence-corrected chi connectivity index (χ1v) is 6.17. The molecule has 104 valence electrons. The zero-order chi connectivity index (χ0) is 14.7. The van der Waals surface area contributed by atoms with Crippen LogP contribution < -0.4 is 9.88 Å². The molecule has 1 amide bonds. The van der Waals surface area contributed by atoms with Crippen molar-refractivity contribution in [3.63, 3.8) is 0 Å². The van der Waals surface area contributed by atoms with E-state index in [0.717, 1.165) is 35.3 Å². The van der Waals surface area contributed by atoms with Crippen LogP contribution in [0.2, 0.25) is 0 Å². The number of amides is 1. The maximum atomic E-state index is 13.0. The Balaban J connectivity index is 2.13. The number of para-hydroxylation sites is 1. The molecule has 3 nitrogen and oxygen atoms in total. The number of aromatic nitrogens is 1. The fourth-order valence-electron chi connectivity index (χ4n) is 2.01. The highest BCUT2D eigenvalue weighted by molar-refractivity contribution is 5.91. The number of benzene rings is 1. The van der Waals surface area contributed by atoms with Crippen molar-refractivity contribution in [1.29, 1.82) is 0 Å². The number of hydrogen-bond acceptors (Lipinski definition) is 1. The van der Waals surface area contributed by atoms with Gasteiger partial charge in [-0.25, -0.2) is 8.78 Å². The number of nitrogens with zero attached hydrogens (tertiary/aromatic N) is 1. The highest BCUT2D eigenvalue weighted by atomic mass is 19.1. The number of aryl methyl sites for hydroxylation is 2. The van der Waals surface area contributed by atoms with Crippen LogP contribution in [0.5, 0.6) is 0 Å². The number of carbonyl (C=O) groups excluding carboxylic acids is 1. The molecule has 1 aromatic heterocycles. The smallest absolute Gasteiger partial charge is 0.290 e. The third-order valence-corrected chi connectivity index (χ3v) is 2.93. The standard InChI is InChI=1S/C15H14F2N2O/c1-10-4-3-5-11(2)15(10)18-14(20)9-19-7-12(16)6-13(17)8-19/h3-8H,9H2,1-2H3/p+1. The number of nitrogens with one attached hydrogen (secondary N) is 1. The largest absolute Gasteiger partial charge is 0.320 e. The van der Waals surface area contributed by atoms with Crippen molar-refractivity contribution in [1.82, 2.24) is 0 Å². The van der Waals surface area contributed by atoms with E-state index in [2.05, 4.69) is 5.32 Å². The Morgan fingerprint density at radius 1 is 1.15 bits per heavy atom. The summed E-state index contributed by atoms with van der Waals surface area (Å²) in [5.41, 5.74) is 2.61. The SMILES string of the molecule is Cc1cccc(C)c1NC(=O)C[n+]1cc(F)cc(F)c1. The molecule has 1 heterocycles. The summed E-state index contributed by atoms with van der Waals surface area (Å²) in [6.07, 6.45) is 2.15. The maximum Gasteiger partial charge on any atom is 0.290 e. The predicted octanol–water partition coefficient (Wildman–Crippen LogP) is 2.51. The van der Waals surface area contributed by atoms with Crippen LogP contribution in [0, 0.1) is 25.5 Å². The van der Waals surface area contributed by atoms with E-state index in [1.54, 1.807) is 0 Å². The molecule has 5 heteroatoms. The maximum absolute atomic E-state index is 13.0. The molecule has 0 radical (unpaired) electrons. The van der Waals surface area contributed by atoms with Gasteiger partial charge in [0.05, 0.1) is 0 Å². The number of carbonyl (C=O) groups is 1. The second-order valence-corrected chi connectivity index (χ2v) is 4.66. The first-order valence-electron chi connectivity index (χ1n) is 6.17.